The summed E-state index contributed by atoms with van der Waals surface area (Å²) >= 11 is 2.13. The van der Waals surface area contributed by atoms with Crippen molar-refractivity contribution in [2.24, 2.45) is 0 Å². The van der Waals surface area contributed by atoms with Gasteiger partial charge in [0.05, 0.1) is 11.3 Å². The fourth-order valence-electron chi connectivity index (χ4n) is 2.23. The molecule has 0 saturated carbocycles. The highest BCUT2D eigenvalue weighted by Gasteiger charge is 2.15. The number of rotatable bonds is 4. The normalized spacial score (nSPS) is 10.1. The fraction of sp³-hybridized carbons (Fsp3) is 0. The SMILES string of the molecule is O=C(Nc1ccc(I)cc1C(=O)Nc1ccncc1)c1ccccc1. The molecular formula is C19H14IN3O2. The van der Waals surface area contributed by atoms with Crippen LogP contribution in [0.25, 0.3) is 0 Å². The number of anilines is 2. The van der Waals surface area contributed by atoms with E-state index in [0.717, 1.165) is 3.57 Å². The number of hydrogen-bond acceptors (Lipinski definition) is 3. The van der Waals surface area contributed by atoms with Gasteiger partial charge in [0.2, 0.25) is 0 Å². The molecule has 6 heteroatoms. The van der Waals surface area contributed by atoms with Gasteiger partial charge in [-0.25, -0.2) is 0 Å². The van der Waals surface area contributed by atoms with Gasteiger partial charge in [-0.2, -0.15) is 0 Å². The average molecular weight is 443 g/mol. The standard InChI is InChI=1S/C19H14IN3O2/c20-14-6-7-17(23-18(24)13-4-2-1-3-5-13)16(12-14)19(25)22-15-8-10-21-11-9-15/h1-12H,(H,23,24)(H,21,22,25). The number of aromatic nitrogens is 1. The number of halogens is 1. The van der Waals surface area contributed by atoms with E-state index in [-0.39, 0.29) is 11.8 Å². The van der Waals surface area contributed by atoms with Gasteiger partial charge in [-0.15, -0.1) is 0 Å². The smallest absolute Gasteiger partial charge is 0.257 e. The zero-order chi connectivity index (χ0) is 17.6. The number of pyridine rings is 1. The molecular weight excluding hydrogens is 429 g/mol. The lowest BCUT2D eigenvalue weighted by Crippen LogP contribution is -2.18. The zero-order valence-electron chi connectivity index (χ0n) is 13.1. The number of amides is 2. The minimum Gasteiger partial charge on any atom is -0.322 e. The van der Waals surface area contributed by atoms with Crippen LogP contribution >= 0.6 is 22.6 Å². The number of benzene rings is 2. The maximum atomic E-state index is 12.6. The van der Waals surface area contributed by atoms with Crippen LogP contribution in [-0.2, 0) is 0 Å². The Morgan fingerprint density at radius 1 is 0.840 bits per heavy atom. The molecule has 0 aliphatic rings. The molecule has 0 fully saturated rings. The summed E-state index contributed by atoms with van der Waals surface area (Å²) in [5.41, 5.74) is 2.02. The molecule has 0 unspecified atom stereocenters. The van der Waals surface area contributed by atoms with Crippen molar-refractivity contribution in [3.05, 3.63) is 87.8 Å². The van der Waals surface area contributed by atoms with Crippen molar-refractivity contribution in [1.29, 1.82) is 0 Å². The first kappa shape index (κ1) is 17.1. The van der Waals surface area contributed by atoms with Gasteiger partial charge >= 0.3 is 0 Å². The van der Waals surface area contributed by atoms with Gasteiger partial charge in [-0.05, 0) is 65.1 Å². The maximum Gasteiger partial charge on any atom is 0.257 e. The number of carbonyl (C=O) groups excluding carboxylic acids is 2. The van der Waals surface area contributed by atoms with Crippen molar-refractivity contribution >= 4 is 45.8 Å². The Balaban J connectivity index is 1.85. The summed E-state index contributed by atoms with van der Waals surface area (Å²) in [4.78, 5) is 28.9. The predicted molar refractivity (Wildman–Crippen MR) is 106 cm³/mol. The summed E-state index contributed by atoms with van der Waals surface area (Å²) in [7, 11) is 0. The van der Waals surface area contributed by atoms with Crippen LogP contribution in [-0.4, -0.2) is 16.8 Å². The highest BCUT2D eigenvalue weighted by atomic mass is 127. The summed E-state index contributed by atoms with van der Waals surface area (Å²) in [6.45, 7) is 0. The van der Waals surface area contributed by atoms with Gasteiger partial charge in [0, 0.05) is 27.2 Å². The van der Waals surface area contributed by atoms with Crippen LogP contribution in [0.2, 0.25) is 0 Å². The first-order valence-corrected chi connectivity index (χ1v) is 8.59. The third-order valence-electron chi connectivity index (χ3n) is 3.45. The summed E-state index contributed by atoms with van der Waals surface area (Å²) in [6, 6.07) is 17.6. The molecule has 124 valence electrons. The van der Waals surface area contributed by atoms with Crippen molar-refractivity contribution in [3.8, 4) is 0 Å². The molecule has 0 bridgehead atoms. The van der Waals surface area contributed by atoms with Crippen LogP contribution in [0, 0.1) is 3.57 Å². The van der Waals surface area contributed by atoms with Crippen LogP contribution in [0.1, 0.15) is 20.7 Å². The largest absolute Gasteiger partial charge is 0.322 e. The minimum atomic E-state index is -0.298. The van der Waals surface area contributed by atoms with Crippen LogP contribution in [0.5, 0.6) is 0 Å². The van der Waals surface area contributed by atoms with E-state index in [2.05, 4.69) is 38.2 Å². The lowest BCUT2D eigenvalue weighted by atomic mass is 10.1. The Bertz CT molecular complexity index is 899. The van der Waals surface area contributed by atoms with Crippen molar-refractivity contribution in [2.45, 2.75) is 0 Å². The molecule has 25 heavy (non-hydrogen) atoms. The van der Waals surface area contributed by atoms with Crippen molar-refractivity contribution in [1.82, 2.24) is 4.98 Å². The first-order chi connectivity index (χ1) is 12.1. The molecule has 5 nitrogen and oxygen atoms in total. The summed E-state index contributed by atoms with van der Waals surface area (Å²) in [5.74, 6) is -0.562. The van der Waals surface area contributed by atoms with Crippen LogP contribution in [0.3, 0.4) is 0 Å². The molecule has 0 atom stereocenters. The van der Waals surface area contributed by atoms with Crippen LogP contribution in [0.4, 0.5) is 11.4 Å². The van der Waals surface area contributed by atoms with E-state index in [9.17, 15) is 9.59 Å². The average Bonchev–Trinajstić information content (AvgIpc) is 2.64. The van der Waals surface area contributed by atoms with E-state index < -0.39 is 0 Å². The third kappa shape index (κ3) is 4.42. The summed E-state index contributed by atoms with van der Waals surface area (Å²) in [6.07, 6.45) is 3.20. The molecule has 0 spiro atoms. The predicted octanol–water partition coefficient (Wildman–Crippen LogP) is 4.19. The minimum absolute atomic E-state index is 0.264. The van der Waals surface area contributed by atoms with E-state index in [1.54, 1.807) is 60.9 Å². The summed E-state index contributed by atoms with van der Waals surface area (Å²) < 4.78 is 0.898. The molecule has 2 amide bonds. The monoisotopic (exact) mass is 443 g/mol. The van der Waals surface area contributed by atoms with Gasteiger partial charge in [0.1, 0.15) is 0 Å². The van der Waals surface area contributed by atoms with Gasteiger partial charge in [-0.1, -0.05) is 18.2 Å². The molecule has 3 aromatic rings. The second-order valence-electron chi connectivity index (χ2n) is 5.20. The number of nitrogens with one attached hydrogen (secondary N) is 2. The van der Waals surface area contributed by atoms with E-state index in [4.69, 9.17) is 0 Å². The van der Waals surface area contributed by atoms with Gasteiger partial charge < -0.3 is 10.6 Å². The van der Waals surface area contributed by atoms with E-state index >= 15 is 0 Å². The third-order valence-corrected chi connectivity index (χ3v) is 4.12. The molecule has 0 saturated heterocycles. The topological polar surface area (TPSA) is 71.1 Å². The van der Waals surface area contributed by atoms with Crippen LogP contribution < -0.4 is 10.6 Å². The molecule has 3 rings (SSSR count). The Labute approximate surface area is 158 Å². The fourth-order valence-corrected chi connectivity index (χ4v) is 2.72. The van der Waals surface area contributed by atoms with E-state index in [1.165, 1.54) is 0 Å². The number of carbonyl (C=O) groups is 2. The van der Waals surface area contributed by atoms with Crippen molar-refractivity contribution in [3.63, 3.8) is 0 Å². The lowest BCUT2D eigenvalue weighted by Gasteiger charge is -2.12. The molecule has 1 aromatic heterocycles. The van der Waals surface area contributed by atoms with Crippen LogP contribution in [0.15, 0.2) is 73.1 Å². The maximum absolute atomic E-state index is 12.6. The molecule has 0 aliphatic carbocycles. The Morgan fingerprint density at radius 3 is 2.28 bits per heavy atom. The van der Waals surface area contributed by atoms with E-state index in [1.807, 2.05) is 12.1 Å². The highest BCUT2D eigenvalue weighted by Crippen LogP contribution is 2.21. The Morgan fingerprint density at radius 2 is 1.56 bits per heavy atom. The van der Waals surface area contributed by atoms with Gasteiger partial charge in [-0.3, -0.25) is 14.6 Å². The number of hydrogen-bond donors (Lipinski definition) is 2. The molecule has 0 aliphatic heterocycles. The van der Waals surface area contributed by atoms with Gasteiger partial charge in [0.15, 0.2) is 0 Å². The van der Waals surface area contributed by atoms with Gasteiger partial charge in [0.25, 0.3) is 11.8 Å². The Kier molecular flexibility index (Phi) is 5.39. The highest BCUT2D eigenvalue weighted by molar-refractivity contribution is 14.1. The number of nitrogens with zero attached hydrogens (tertiary/aromatic N) is 1. The second-order valence-corrected chi connectivity index (χ2v) is 6.45. The van der Waals surface area contributed by atoms with Crippen molar-refractivity contribution < 1.29 is 9.59 Å². The molecule has 2 N–H and O–H groups in total. The summed E-state index contributed by atoms with van der Waals surface area (Å²) in [5, 5.41) is 5.61. The molecule has 1 heterocycles. The first-order valence-electron chi connectivity index (χ1n) is 7.51. The van der Waals surface area contributed by atoms with Crippen molar-refractivity contribution in [2.75, 3.05) is 10.6 Å². The quantitative estimate of drug-likeness (QED) is 0.595. The van der Waals surface area contributed by atoms with E-state index in [0.29, 0.717) is 22.5 Å². The molecule has 0 radical (unpaired) electrons. The lowest BCUT2D eigenvalue weighted by molar-refractivity contribution is 0.102. The second kappa shape index (κ2) is 7.89. The zero-order valence-corrected chi connectivity index (χ0v) is 15.2. The Hall–Kier alpha value is -2.74. The molecule has 2 aromatic carbocycles.